The Balaban J connectivity index is 0.000000659. The summed E-state index contributed by atoms with van der Waals surface area (Å²) < 4.78 is 0. The minimum Gasteiger partial charge on any atom is -0.0871 e. The molecule has 0 unspecified atom stereocenters. The zero-order chi connectivity index (χ0) is 14.0. The first-order chi connectivity index (χ1) is 8.81. The smallest absolute Gasteiger partial charge is 0.0178 e. The first kappa shape index (κ1) is 16.4. The maximum atomic E-state index is 2.24. The monoisotopic (exact) mass is 242 g/mol. The lowest BCUT2D eigenvalue weighted by atomic mass is 10.0. The molecule has 0 amide bonds. The van der Waals surface area contributed by atoms with E-state index in [0.29, 0.717) is 0 Å². The number of fused-ring (bicyclic) bond motifs is 1. The number of hydrogen-bond donors (Lipinski definition) is 0. The van der Waals surface area contributed by atoms with Gasteiger partial charge in [0, 0.05) is 0 Å². The standard InChI is InChI=1S/C14H14.2C2H6/c1-3-6-12-10-14-8-5-4-7-13(14)9-11(12)2;2*1-2/h3-10H,1-2H3;2*1-2H3/b6-3-;;. The topological polar surface area (TPSA) is 0 Å². The maximum absolute atomic E-state index is 2.24. The molecule has 0 atom stereocenters. The van der Waals surface area contributed by atoms with Gasteiger partial charge in [0.15, 0.2) is 0 Å². The molecule has 0 radical (unpaired) electrons. The lowest BCUT2D eigenvalue weighted by Gasteiger charge is -2.03. The highest BCUT2D eigenvalue weighted by molar-refractivity contribution is 5.85. The molecule has 2 rings (SSSR count). The molecule has 18 heavy (non-hydrogen) atoms. The molecule has 0 saturated heterocycles. The second-order valence-electron chi connectivity index (χ2n) is 3.56. The van der Waals surface area contributed by atoms with Gasteiger partial charge < -0.3 is 0 Å². The van der Waals surface area contributed by atoms with Crippen molar-refractivity contribution in [2.45, 2.75) is 41.5 Å². The summed E-state index contributed by atoms with van der Waals surface area (Å²) in [4.78, 5) is 0. The van der Waals surface area contributed by atoms with Crippen molar-refractivity contribution in [2.75, 3.05) is 0 Å². The second kappa shape index (κ2) is 9.47. The van der Waals surface area contributed by atoms with E-state index >= 15 is 0 Å². The zero-order valence-corrected chi connectivity index (χ0v) is 12.6. The Bertz CT molecular complexity index is 478. The Labute approximate surface area is 112 Å². The summed E-state index contributed by atoms with van der Waals surface area (Å²) in [6.07, 6.45) is 4.23. The summed E-state index contributed by atoms with van der Waals surface area (Å²) in [5.74, 6) is 0. The predicted octanol–water partition coefficient (Wildman–Crippen LogP) is 6.23. The number of allylic oxidation sites excluding steroid dienone is 1. The first-order valence-corrected chi connectivity index (χ1v) is 6.93. The zero-order valence-electron chi connectivity index (χ0n) is 12.6. The number of hydrogen-bond acceptors (Lipinski definition) is 0. The van der Waals surface area contributed by atoms with E-state index in [1.54, 1.807) is 0 Å². The van der Waals surface area contributed by atoms with Crippen LogP contribution in [0.25, 0.3) is 16.8 Å². The average molecular weight is 242 g/mol. The highest BCUT2D eigenvalue weighted by atomic mass is 14.0. The van der Waals surface area contributed by atoms with Gasteiger partial charge in [0.2, 0.25) is 0 Å². The molecular formula is C18H26. The van der Waals surface area contributed by atoms with Gasteiger partial charge in [0.1, 0.15) is 0 Å². The van der Waals surface area contributed by atoms with Gasteiger partial charge in [0.05, 0.1) is 0 Å². The van der Waals surface area contributed by atoms with Gasteiger partial charge in [-0.3, -0.25) is 0 Å². The van der Waals surface area contributed by atoms with E-state index in [2.05, 4.69) is 62.4 Å². The third-order valence-corrected chi connectivity index (χ3v) is 2.48. The van der Waals surface area contributed by atoms with Crippen molar-refractivity contribution in [1.29, 1.82) is 0 Å². The van der Waals surface area contributed by atoms with Crippen molar-refractivity contribution < 1.29 is 0 Å². The van der Waals surface area contributed by atoms with Gasteiger partial charge in [-0.25, -0.2) is 0 Å². The maximum Gasteiger partial charge on any atom is -0.0178 e. The Kier molecular flexibility index (Phi) is 8.65. The van der Waals surface area contributed by atoms with Gasteiger partial charge in [-0.05, 0) is 41.8 Å². The van der Waals surface area contributed by atoms with Crippen molar-refractivity contribution in [1.82, 2.24) is 0 Å². The third kappa shape index (κ3) is 4.37. The van der Waals surface area contributed by atoms with E-state index in [4.69, 9.17) is 0 Å². The van der Waals surface area contributed by atoms with Gasteiger partial charge >= 0.3 is 0 Å². The lowest BCUT2D eigenvalue weighted by molar-refractivity contribution is 1.47. The summed E-state index contributed by atoms with van der Waals surface area (Å²) in [6.45, 7) is 12.2. The highest BCUT2D eigenvalue weighted by Gasteiger charge is 1.97. The first-order valence-electron chi connectivity index (χ1n) is 6.93. The fraction of sp³-hybridized carbons (Fsp3) is 0.333. The van der Waals surface area contributed by atoms with Crippen LogP contribution in [0.2, 0.25) is 0 Å². The molecule has 0 bridgehead atoms. The second-order valence-corrected chi connectivity index (χ2v) is 3.56. The van der Waals surface area contributed by atoms with Gasteiger partial charge in [-0.15, -0.1) is 0 Å². The number of benzene rings is 2. The molecule has 98 valence electrons. The molecule has 2 aromatic rings. The molecule has 0 aromatic heterocycles. The van der Waals surface area contributed by atoms with Gasteiger partial charge in [-0.2, -0.15) is 0 Å². The quantitative estimate of drug-likeness (QED) is 0.555. The fourth-order valence-electron chi connectivity index (χ4n) is 1.73. The van der Waals surface area contributed by atoms with E-state index in [1.165, 1.54) is 21.9 Å². The molecule has 0 spiro atoms. The Morgan fingerprint density at radius 3 is 1.83 bits per heavy atom. The normalized spacial score (nSPS) is 9.44. The van der Waals surface area contributed by atoms with Crippen LogP contribution in [-0.4, -0.2) is 0 Å². The van der Waals surface area contributed by atoms with Crippen molar-refractivity contribution in [2.24, 2.45) is 0 Å². The van der Waals surface area contributed by atoms with E-state index in [9.17, 15) is 0 Å². The largest absolute Gasteiger partial charge is 0.0871 e. The lowest BCUT2D eigenvalue weighted by Crippen LogP contribution is -1.81. The van der Waals surface area contributed by atoms with E-state index in [-0.39, 0.29) is 0 Å². The van der Waals surface area contributed by atoms with E-state index in [1.807, 2.05) is 27.7 Å². The molecule has 0 aliphatic carbocycles. The summed E-state index contributed by atoms with van der Waals surface area (Å²) in [6, 6.07) is 13.0. The van der Waals surface area contributed by atoms with Crippen molar-refractivity contribution in [3.05, 3.63) is 53.6 Å². The van der Waals surface area contributed by atoms with E-state index < -0.39 is 0 Å². The third-order valence-electron chi connectivity index (χ3n) is 2.48. The van der Waals surface area contributed by atoms with Crippen LogP contribution in [0.5, 0.6) is 0 Å². The van der Waals surface area contributed by atoms with Crippen LogP contribution >= 0.6 is 0 Å². The molecule has 0 N–H and O–H groups in total. The fourth-order valence-corrected chi connectivity index (χ4v) is 1.73. The number of rotatable bonds is 1. The summed E-state index contributed by atoms with van der Waals surface area (Å²) >= 11 is 0. The van der Waals surface area contributed by atoms with Crippen LogP contribution in [0.4, 0.5) is 0 Å². The minimum absolute atomic E-state index is 1.31. The van der Waals surface area contributed by atoms with Crippen molar-refractivity contribution in [3.63, 3.8) is 0 Å². The average Bonchev–Trinajstić information content (AvgIpc) is 2.44. The van der Waals surface area contributed by atoms with E-state index in [0.717, 1.165) is 0 Å². The molecular weight excluding hydrogens is 216 g/mol. The van der Waals surface area contributed by atoms with Gasteiger partial charge in [-0.1, -0.05) is 70.2 Å². The number of aryl methyl sites for hydroxylation is 1. The minimum atomic E-state index is 1.31. The van der Waals surface area contributed by atoms with Crippen LogP contribution < -0.4 is 0 Å². The van der Waals surface area contributed by atoms with Crippen LogP contribution in [0.3, 0.4) is 0 Å². The summed E-state index contributed by atoms with van der Waals surface area (Å²) in [7, 11) is 0. The molecule has 0 aliphatic heterocycles. The summed E-state index contributed by atoms with van der Waals surface area (Å²) in [5, 5.41) is 2.63. The molecule has 0 heteroatoms. The highest BCUT2D eigenvalue weighted by Crippen LogP contribution is 2.20. The molecule has 2 aromatic carbocycles. The Morgan fingerprint density at radius 1 is 0.833 bits per heavy atom. The predicted molar refractivity (Wildman–Crippen MR) is 86.1 cm³/mol. The molecule has 0 nitrogen and oxygen atoms in total. The van der Waals surface area contributed by atoms with Crippen LogP contribution in [0.15, 0.2) is 42.5 Å². The Hall–Kier alpha value is -1.56. The van der Waals surface area contributed by atoms with Crippen LogP contribution in [0.1, 0.15) is 45.7 Å². The Morgan fingerprint density at radius 2 is 1.33 bits per heavy atom. The molecule has 0 fully saturated rings. The molecule has 0 saturated carbocycles. The van der Waals surface area contributed by atoms with Crippen molar-refractivity contribution >= 4 is 16.8 Å². The van der Waals surface area contributed by atoms with Crippen molar-refractivity contribution in [3.8, 4) is 0 Å². The van der Waals surface area contributed by atoms with Crippen LogP contribution in [0, 0.1) is 6.92 Å². The molecule has 0 heterocycles. The summed E-state index contributed by atoms with van der Waals surface area (Å²) in [5.41, 5.74) is 2.65. The van der Waals surface area contributed by atoms with Gasteiger partial charge in [0.25, 0.3) is 0 Å². The van der Waals surface area contributed by atoms with Crippen LogP contribution in [-0.2, 0) is 0 Å². The molecule has 0 aliphatic rings. The SMILES string of the molecule is C/C=C\c1cc2ccccc2cc1C.CC.CC.